The van der Waals surface area contributed by atoms with E-state index in [4.69, 9.17) is 0 Å². The first-order valence-electron chi connectivity index (χ1n) is 6.30. The molecule has 0 heterocycles. The first-order chi connectivity index (χ1) is 9.10. The third-order valence-corrected chi connectivity index (χ3v) is 3.65. The van der Waals surface area contributed by atoms with Crippen LogP contribution in [0.15, 0.2) is 46.9 Å². The van der Waals surface area contributed by atoms with Crippen molar-refractivity contribution in [2.45, 2.75) is 19.9 Å². The second-order valence-electron chi connectivity index (χ2n) is 4.75. The van der Waals surface area contributed by atoms with Crippen molar-refractivity contribution in [2.75, 3.05) is 11.9 Å². The molecule has 2 N–H and O–H groups in total. The molecule has 0 aliphatic heterocycles. The van der Waals surface area contributed by atoms with E-state index in [0.717, 1.165) is 15.7 Å². The molecule has 0 aromatic heterocycles. The number of anilines is 1. The largest absolute Gasteiger partial charge is 0.394 e. The zero-order chi connectivity index (χ0) is 13.8. The third kappa shape index (κ3) is 3.58. The summed E-state index contributed by atoms with van der Waals surface area (Å²) in [5, 5.41) is 13.0. The van der Waals surface area contributed by atoms with Crippen LogP contribution in [0.1, 0.15) is 22.7 Å². The molecule has 1 unspecified atom stereocenters. The average Bonchev–Trinajstić information content (AvgIpc) is 2.39. The average molecular weight is 320 g/mol. The fourth-order valence-electron chi connectivity index (χ4n) is 2.14. The van der Waals surface area contributed by atoms with E-state index >= 15 is 0 Å². The van der Waals surface area contributed by atoms with Crippen molar-refractivity contribution in [2.24, 2.45) is 0 Å². The van der Waals surface area contributed by atoms with Crippen LogP contribution in [0.2, 0.25) is 0 Å². The van der Waals surface area contributed by atoms with Crippen molar-refractivity contribution in [3.8, 4) is 0 Å². The second kappa shape index (κ2) is 6.22. The molecule has 0 bridgehead atoms. The highest BCUT2D eigenvalue weighted by Gasteiger charge is 2.13. The molecule has 2 aromatic rings. The number of aliphatic hydroxyl groups is 1. The van der Waals surface area contributed by atoms with Crippen molar-refractivity contribution in [1.29, 1.82) is 0 Å². The molecule has 100 valence electrons. The number of benzene rings is 2. The Morgan fingerprint density at radius 1 is 1.16 bits per heavy atom. The Morgan fingerprint density at radius 3 is 2.63 bits per heavy atom. The van der Waals surface area contributed by atoms with Crippen LogP contribution in [0.25, 0.3) is 0 Å². The van der Waals surface area contributed by atoms with Gasteiger partial charge in [0.1, 0.15) is 0 Å². The predicted octanol–water partition coefficient (Wildman–Crippen LogP) is 4.21. The summed E-state index contributed by atoms with van der Waals surface area (Å²) < 4.78 is 1.02. The monoisotopic (exact) mass is 319 g/mol. The van der Waals surface area contributed by atoms with Crippen molar-refractivity contribution < 1.29 is 5.11 Å². The highest BCUT2D eigenvalue weighted by atomic mass is 79.9. The van der Waals surface area contributed by atoms with E-state index in [0.29, 0.717) is 0 Å². The highest BCUT2D eigenvalue weighted by Crippen LogP contribution is 2.24. The van der Waals surface area contributed by atoms with Crippen LogP contribution < -0.4 is 5.32 Å². The summed E-state index contributed by atoms with van der Waals surface area (Å²) in [5.74, 6) is 0. The number of rotatable bonds is 4. The summed E-state index contributed by atoms with van der Waals surface area (Å²) in [4.78, 5) is 0. The Hall–Kier alpha value is -1.32. The molecule has 0 aliphatic carbocycles. The first-order valence-corrected chi connectivity index (χ1v) is 7.09. The lowest BCUT2D eigenvalue weighted by atomic mass is 9.99. The Kier molecular flexibility index (Phi) is 4.61. The second-order valence-corrected chi connectivity index (χ2v) is 5.67. The standard InChI is InChI=1S/C16H18BrNO/c1-11-6-7-12(2)15(8-11)16(10-19)18-14-5-3-4-13(17)9-14/h3-9,16,18-19H,10H2,1-2H3. The molecule has 1 atom stereocenters. The van der Waals surface area contributed by atoms with Gasteiger partial charge in [0.15, 0.2) is 0 Å². The number of hydrogen-bond acceptors (Lipinski definition) is 2. The molecule has 2 nitrogen and oxygen atoms in total. The minimum Gasteiger partial charge on any atom is -0.394 e. The molecule has 0 radical (unpaired) electrons. The summed E-state index contributed by atoms with van der Waals surface area (Å²) in [7, 11) is 0. The maximum atomic E-state index is 9.65. The first kappa shape index (κ1) is 14.1. The molecule has 2 aromatic carbocycles. The normalized spacial score (nSPS) is 12.2. The fourth-order valence-corrected chi connectivity index (χ4v) is 2.54. The van der Waals surface area contributed by atoms with Crippen LogP contribution in [0, 0.1) is 13.8 Å². The number of aryl methyl sites for hydroxylation is 2. The number of halogens is 1. The molecule has 0 saturated heterocycles. The minimum absolute atomic E-state index is 0.0663. The minimum atomic E-state index is -0.0887. The summed E-state index contributed by atoms with van der Waals surface area (Å²) in [6.07, 6.45) is 0. The van der Waals surface area contributed by atoms with Gasteiger partial charge < -0.3 is 10.4 Å². The third-order valence-electron chi connectivity index (χ3n) is 3.16. The molecule has 19 heavy (non-hydrogen) atoms. The van der Waals surface area contributed by atoms with Crippen molar-refractivity contribution >= 4 is 21.6 Å². The Balaban J connectivity index is 2.27. The van der Waals surface area contributed by atoms with E-state index in [2.05, 4.69) is 53.3 Å². The van der Waals surface area contributed by atoms with Gasteiger partial charge in [-0.2, -0.15) is 0 Å². The SMILES string of the molecule is Cc1ccc(C)c(C(CO)Nc2cccc(Br)c2)c1. The maximum absolute atomic E-state index is 9.65. The van der Waals surface area contributed by atoms with Gasteiger partial charge in [-0.3, -0.25) is 0 Å². The lowest BCUT2D eigenvalue weighted by molar-refractivity contribution is 0.276. The lowest BCUT2D eigenvalue weighted by Gasteiger charge is -2.20. The molecular weight excluding hydrogens is 302 g/mol. The Bertz CT molecular complexity index is 568. The van der Waals surface area contributed by atoms with Gasteiger partial charge in [0, 0.05) is 10.2 Å². The summed E-state index contributed by atoms with van der Waals surface area (Å²) in [6.45, 7) is 4.20. The lowest BCUT2D eigenvalue weighted by Crippen LogP contribution is -2.16. The van der Waals surface area contributed by atoms with Gasteiger partial charge in [-0.05, 0) is 43.2 Å². The predicted molar refractivity (Wildman–Crippen MR) is 83.5 cm³/mol. The molecule has 3 heteroatoms. The van der Waals surface area contributed by atoms with Gasteiger partial charge >= 0.3 is 0 Å². The van der Waals surface area contributed by atoms with Crippen LogP contribution in [-0.4, -0.2) is 11.7 Å². The van der Waals surface area contributed by atoms with E-state index in [1.807, 2.05) is 24.3 Å². The number of hydrogen-bond donors (Lipinski definition) is 2. The van der Waals surface area contributed by atoms with E-state index in [1.54, 1.807) is 0 Å². The van der Waals surface area contributed by atoms with Crippen LogP contribution in [0.3, 0.4) is 0 Å². The van der Waals surface area contributed by atoms with Crippen LogP contribution in [0.4, 0.5) is 5.69 Å². The summed E-state index contributed by atoms with van der Waals surface area (Å²) in [6, 6.07) is 14.2. The van der Waals surface area contributed by atoms with Crippen molar-refractivity contribution in [3.05, 3.63) is 63.6 Å². The molecule has 0 fully saturated rings. The maximum Gasteiger partial charge on any atom is 0.0747 e. The van der Waals surface area contributed by atoms with Gasteiger partial charge in [0.2, 0.25) is 0 Å². The Labute approximate surface area is 122 Å². The van der Waals surface area contributed by atoms with Gasteiger partial charge in [-0.1, -0.05) is 45.8 Å². The zero-order valence-corrected chi connectivity index (χ0v) is 12.7. The molecule has 0 amide bonds. The van der Waals surface area contributed by atoms with Gasteiger partial charge in [-0.15, -0.1) is 0 Å². The van der Waals surface area contributed by atoms with Crippen molar-refractivity contribution in [3.63, 3.8) is 0 Å². The van der Waals surface area contributed by atoms with Crippen LogP contribution in [0.5, 0.6) is 0 Å². The molecule has 2 rings (SSSR count). The van der Waals surface area contributed by atoms with Gasteiger partial charge in [0.05, 0.1) is 12.6 Å². The van der Waals surface area contributed by atoms with E-state index in [9.17, 15) is 5.11 Å². The van der Waals surface area contributed by atoms with Crippen molar-refractivity contribution in [1.82, 2.24) is 0 Å². The summed E-state index contributed by atoms with van der Waals surface area (Å²) >= 11 is 3.45. The molecule has 0 aliphatic rings. The van der Waals surface area contributed by atoms with E-state index in [1.165, 1.54) is 11.1 Å². The highest BCUT2D eigenvalue weighted by molar-refractivity contribution is 9.10. The van der Waals surface area contributed by atoms with Gasteiger partial charge in [0.25, 0.3) is 0 Å². The number of nitrogens with one attached hydrogen (secondary N) is 1. The summed E-state index contributed by atoms with van der Waals surface area (Å²) in [5.41, 5.74) is 4.53. The fraction of sp³-hybridized carbons (Fsp3) is 0.250. The van der Waals surface area contributed by atoms with Crippen LogP contribution in [-0.2, 0) is 0 Å². The number of aliphatic hydroxyl groups excluding tert-OH is 1. The molecule has 0 saturated carbocycles. The Morgan fingerprint density at radius 2 is 1.95 bits per heavy atom. The molecule has 0 spiro atoms. The van der Waals surface area contributed by atoms with Crippen LogP contribution >= 0.6 is 15.9 Å². The topological polar surface area (TPSA) is 32.3 Å². The van der Waals surface area contributed by atoms with Gasteiger partial charge in [-0.25, -0.2) is 0 Å². The quantitative estimate of drug-likeness (QED) is 0.884. The molecular formula is C16H18BrNO. The van der Waals surface area contributed by atoms with E-state index < -0.39 is 0 Å². The van der Waals surface area contributed by atoms with E-state index in [-0.39, 0.29) is 12.6 Å². The zero-order valence-electron chi connectivity index (χ0n) is 11.2. The smallest absolute Gasteiger partial charge is 0.0747 e.